The molecule has 0 amide bonds. The summed E-state index contributed by atoms with van der Waals surface area (Å²) in [6.07, 6.45) is 0. The Bertz CT molecular complexity index is 633. The van der Waals surface area contributed by atoms with Gasteiger partial charge in [0.2, 0.25) is 0 Å². The molecule has 2 aromatic rings. The Morgan fingerprint density at radius 2 is 1.95 bits per heavy atom. The molecule has 0 aliphatic heterocycles. The van der Waals surface area contributed by atoms with Gasteiger partial charge in [-0.3, -0.25) is 0 Å². The van der Waals surface area contributed by atoms with Crippen molar-refractivity contribution in [1.29, 1.82) is 0 Å². The molecule has 21 heavy (non-hydrogen) atoms. The van der Waals surface area contributed by atoms with Crippen LogP contribution in [0.4, 0.5) is 16.0 Å². The minimum absolute atomic E-state index is 0.101. The molecule has 0 fully saturated rings. The molecule has 0 saturated carbocycles. The summed E-state index contributed by atoms with van der Waals surface area (Å²) in [7, 11) is 0. The maximum absolute atomic E-state index is 13.1. The van der Waals surface area contributed by atoms with Gasteiger partial charge in [-0.1, -0.05) is 31.5 Å². The lowest BCUT2D eigenvalue weighted by Crippen LogP contribution is -2.13. The van der Waals surface area contributed by atoms with Crippen molar-refractivity contribution in [2.75, 3.05) is 10.7 Å². The predicted octanol–water partition coefficient (Wildman–Crippen LogP) is 3.29. The van der Waals surface area contributed by atoms with E-state index in [4.69, 9.17) is 17.4 Å². The first-order valence-corrected chi connectivity index (χ1v) is 6.90. The minimum Gasteiger partial charge on any atom is -0.366 e. The van der Waals surface area contributed by atoms with E-state index >= 15 is 0 Å². The van der Waals surface area contributed by atoms with Crippen LogP contribution in [0.5, 0.6) is 0 Å². The highest BCUT2D eigenvalue weighted by molar-refractivity contribution is 6.30. The highest BCUT2D eigenvalue weighted by atomic mass is 35.5. The van der Waals surface area contributed by atoms with Crippen LogP contribution in [0.1, 0.15) is 31.2 Å². The zero-order valence-corrected chi connectivity index (χ0v) is 12.6. The summed E-state index contributed by atoms with van der Waals surface area (Å²) in [4.78, 5) is 8.69. The maximum atomic E-state index is 13.1. The quantitative estimate of drug-likeness (QED) is 0.583. The van der Waals surface area contributed by atoms with E-state index in [9.17, 15) is 4.39 Å². The molecule has 4 N–H and O–H groups in total. The SMILES string of the molecule is CC(C)c1nc(NN)cc(NCc2ccc(F)c(Cl)c2)n1. The number of nitrogens with zero attached hydrogens (tertiary/aromatic N) is 2. The number of aromatic nitrogens is 2. The Balaban J connectivity index is 2.15. The average Bonchev–Trinajstić information content (AvgIpc) is 2.48. The number of halogens is 2. The Morgan fingerprint density at radius 3 is 2.57 bits per heavy atom. The van der Waals surface area contributed by atoms with Crippen molar-refractivity contribution in [3.63, 3.8) is 0 Å². The lowest BCUT2D eigenvalue weighted by atomic mass is 10.2. The van der Waals surface area contributed by atoms with Crippen LogP contribution in [0, 0.1) is 5.82 Å². The van der Waals surface area contributed by atoms with Gasteiger partial charge in [0.1, 0.15) is 23.3 Å². The molecule has 0 aliphatic carbocycles. The van der Waals surface area contributed by atoms with E-state index < -0.39 is 5.82 Å². The molecule has 0 bridgehead atoms. The summed E-state index contributed by atoms with van der Waals surface area (Å²) >= 11 is 5.76. The van der Waals surface area contributed by atoms with Gasteiger partial charge in [-0.05, 0) is 17.7 Å². The van der Waals surface area contributed by atoms with Crippen molar-refractivity contribution in [1.82, 2.24) is 9.97 Å². The van der Waals surface area contributed by atoms with Crippen molar-refractivity contribution in [3.05, 3.63) is 46.5 Å². The topological polar surface area (TPSA) is 75.9 Å². The number of benzene rings is 1. The second-order valence-electron chi connectivity index (χ2n) is 4.90. The Morgan fingerprint density at radius 1 is 1.24 bits per heavy atom. The number of rotatable bonds is 5. The third-order valence-corrected chi connectivity index (χ3v) is 3.16. The Labute approximate surface area is 127 Å². The average molecular weight is 310 g/mol. The second-order valence-corrected chi connectivity index (χ2v) is 5.30. The zero-order valence-electron chi connectivity index (χ0n) is 11.8. The van der Waals surface area contributed by atoms with Crippen molar-refractivity contribution in [3.8, 4) is 0 Å². The summed E-state index contributed by atoms with van der Waals surface area (Å²) in [5.41, 5.74) is 3.37. The molecule has 0 aliphatic rings. The van der Waals surface area contributed by atoms with E-state index in [1.807, 2.05) is 13.8 Å². The summed E-state index contributed by atoms with van der Waals surface area (Å²) in [6.45, 7) is 4.47. The molecular weight excluding hydrogens is 293 g/mol. The standard InChI is InChI=1S/C14H17ClFN5/c1-8(2)14-19-12(6-13(20-14)21-17)18-7-9-3-4-11(16)10(15)5-9/h3-6,8H,7,17H2,1-2H3,(H2,18,19,20,21). The van der Waals surface area contributed by atoms with Gasteiger partial charge in [0.15, 0.2) is 0 Å². The molecule has 5 nitrogen and oxygen atoms in total. The van der Waals surface area contributed by atoms with Gasteiger partial charge in [-0.25, -0.2) is 20.2 Å². The molecule has 2 rings (SSSR count). The molecular formula is C14H17ClFN5. The monoisotopic (exact) mass is 309 g/mol. The normalized spacial score (nSPS) is 10.8. The molecule has 0 unspecified atom stereocenters. The molecule has 112 valence electrons. The van der Waals surface area contributed by atoms with Crippen LogP contribution < -0.4 is 16.6 Å². The maximum Gasteiger partial charge on any atom is 0.145 e. The fourth-order valence-corrected chi connectivity index (χ4v) is 1.93. The Hall–Kier alpha value is -1.92. The lowest BCUT2D eigenvalue weighted by molar-refractivity contribution is 0.627. The lowest BCUT2D eigenvalue weighted by Gasteiger charge is -2.11. The van der Waals surface area contributed by atoms with Crippen LogP contribution in [-0.2, 0) is 6.54 Å². The molecule has 7 heteroatoms. The van der Waals surface area contributed by atoms with Crippen LogP contribution in [0.15, 0.2) is 24.3 Å². The Kier molecular flexibility index (Phi) is 4.93. The van der Waals surface area contributed by atoms with Crippen LogP contribution >= 0.6 is 11.6 Å². The van der Waals surface area contributed by atoms with E-state index in [0.29, 0.717) is 24.0 Å². The van der Waals surface area contributed by atoms with Gasteiger partial charge in [-0.15, -0.1) is 0 Å². The van der Waals surface area contributed by atoms with Crippen LogP contribution in [0.2, 0.25) is 5.02 Å². The molecule has 0 saturated heterocycles. The van der Waals surface area contributed by atoms with Gasteiger partial charge in [-0.2, -0.15) is 0 Å². The number of hydrogen-bond donors (Lipinski definition) is 3. The van der Waals surface area contributed by atoms with Gasteiger partial charge < -0.3 is 10.7 Å². The number of nitrogens with two attached hydrogens (primary N) is 1. The van der Waals surface area contributed by atoms with E-state index in [1.54, 1.807) is 18.2 Å². The number of anilines is 2. The molecule has 1 aromatic heterocycles. The van der Waals surface area contributed by atoms with Gasteiger partial charge in [0, 0.05) is 18.5 Å². The molecule has 0 spiro atoms. The fraction of sp³-hybridized carbons (Fsp3) is 0.286. The largest absolute Gasteiger partial charge is 0.366 e. The first kappa shape index (κ1) is 15.5. The summed E-state index contributed by atoms with van der Waals surface area (Å²) in [5.74, 6) is 7.01. The van der Waals surface area contributed by atoms with Crippen molar-refractivity contribution < 1.29 is 4.39 Å². The first-order valence-electron chi connectivity index (χ1n) is 6.53. The number of hydrazine groups is 1. The van der Waals surface area contributed by atoms with Crippen molar-refractivity contribution in [2.45, 2.75) is 26.3 Å². The molecule has 0 atom stereocenters. The minimum atomic E-state index is -0.431. The van der Waals surface area contributed by atoms with Crippen LogP contribution in [-0.4, -0.2) is 9.97 Å². The van der Waals surface area contributed by atoms with Crippen molar-refractivity contribution in [2.24, 2.45) is 5.84 Å². The number of nitrogens with one attached hydrogen (secondary N) is 2. The third kappa shape index (κ3) is 4.03. The van der Waals surface area contributed by atoms with E-state index in [2.05, 4.69) is 20.7 Å². The van der Waals surface area contributed by atoms with Crippen LogP contribution in [0.25, 0.3) is 0 Å². The highest BCUT2D eigenvalue weighted by Gasteiger charge is 2.08. The van der Waals surface area contributed by atoms with E-state index in [-0.39, 0.29) is 10.9 Å². The van der Waals surface area contributed by atoms with Gasteiger partial charge in [0.25, 0.3) is 0 Å². The third-order valence-electron chi connectivity index (χ3n) is 2.87. The number of nitrogen functional groups attached to an aromatic ring is 1. The van der Waals surface area contributed by atoms with Crippen LogP contribution in [0.3, 0.4) is 0 Å². The fourth-order valence-electron chi connectivity index (χ4n) is 1.73. The summed E-state index contributed by atoms with van der Waals surface area (Å²) < 4.78 is 13.1. The predicted molar refractivity (Wildman–Crippen MR) is 82.7 cm³/mol. The highest BCUT2D eigenvalue weighted by Crippen LogP contribution is 2.19. The second kappa shape index (κ2) is 6.69. The molecule has 1 heterocycles. The van der Waals surface area contributed by atoms with Gasteiger partial charge >= 0.3 is 0 Å². The van der Waals surface area contributed by atoms with E-state index in [1.165, 1.54) is 6.07 Å². The van der Waals surface area contributed by atoms with Gasteiger partial charge in [0.05, 0.1) is 5.02 Å². The summed E-state index contributed by atoms with van der Waals surface area (Å²) in [5, 5.41) is 3.25. The smallest absolute Gasteiger partial charge is 0.145 e. The first-order chi connectivity index (χ1) is 9.99. The van der Waals surface area contributed by atoms with E-state index in [0.717, 1.165) is 5.56 Å². The zero-order chi connectivity index (χ0) is 15.4. The van der Waals surface area contributed by atoms with Crippen molar-refractivity contribution >= 4 is 23.2 Å². The summed E-state index contributed by atoms with van der Waals surface area (Å²) in [6, 6.07) is 6.29. The molecule has 0 radical (unpaired) electrons. The number of hydrogen-bond acceptors (Lipinski definition) is 5. The molecule has 1 aromatic carbocycles.